The number of aliphatic hydroxyl groups is 1. The van der Waals surface area contributed by atoms with E-state index < -0.39 is 6.10 Å². The molecule has 0 aromatic heterocycles. The van der Waals surface area contributed by atoms with Gasteiger partial charge in [-0.2, -0.15) is 0 Å². The minimum atomic E-state index is -0.572. The average Bonchev–Trinajstić information content (AvgIpc) is 2.44. The second-order valence-electron chi connectivity index (χ2n) is 6.08. The van der Waals surface area contributed by atoms with Crippen LogP contribution >= 0.6 is 0 Å². The molecule has 5 heteroatoms. The molecule has 1 atom stereocenters. The van der Waals surface area contributed by atoms with E-state index in [2.05, 4.69) is 10.6 Å². The van der Waals surface area contributed by atoms with E-state index in [0.717, 1.165) is 11.3 Å². The first-order valence-electron chi connectivity index (χ1n) is 7.16. The van der Waals surface area contributed by atoms with Crippen LogP contribution < -0.4 is 15.4 Å². The quantitative estimate of drug-likeness (QED) is 0.751. The highest BCUT2D eigenvalue weighted by molar-refractivity contribution is 5.73. The maximum absolute atomic E-state index is 11.7. The molecule has 1 aromatic rings. The van der Waals surface area contributed by atoms with Crippen LogP contribution in [0, 0.1) is 5.41 Å². The molecular weight excluding hydrogens is 268 g/mol. The van der Waals surface area contributed by atoms with Crippen LogP contribution in [-0.2, 0) is 6.42 Å². The van der Waals surface area contributed by atoms with Crippen molar-refractivity contribution in [2.75, 3.05) is 20.2 Å². The second kappa shape index (κ2) is 7.88. The third-order valence-corrected chi connectivity index (χ3v) is 3.33. The van der Waals surface area contributed by atoms with Gasteiger partial charge in [-0.15, -0.1) is 0 Å². The molecule has 0 saturated heterocycles. The van der Waals surface area contributed by atoms with Gasteiger partial charge in [0, 0.05) is 13.1 Å². The minimum absolute atomic E-state index is 0.240. The van der Waals surface area contributed by atoms with Crippen molar-refractivity contribution < 1.29 is 14.6 Å². The summed E-state index contributed by atoms with van der Waals surface area (Å²) >= 11 is 0. The molecule has 0 heterocycles. The van der Waals surface area contributed by atoms with Crippen LogP contribution in [0.5, 0.6) is 5.75 Å². The van der Waals surface area contributed by atoms with Gasteiger partial charge in [0.05, 0.1) is 13.2 Å². The molecule has 0 fully saturated rings. The summed E-state index contributed by atoms with van der Waals surface area (Å²) in [5, 5.41) is 15.3. The van der Waals surface area contributed by atoms with Crippen molar-refractivity contribution in [2.45, 2.75) is 33.3 Å². The Balaban J connectivity index is 2.31. The predicted molar refractivity (Wildman–Crippen MR) is 83.6 cm³/mol. The van der Waals surface area contributed by atoms with Gasteiger partial charge >= 0.3 is 6.03 Å². The summed E-state index contributed by atoms with van der Waals surface area (Å²) in [6.07, 6.45) is 0.122. The van der Waals surface area contributed by atoms with Crippen LogP contribution in [0.3, 0.4) is 0 Å². The summed E-state index contributed by atoms with van der Waals surface area (Å²) in [5.74, 6) is 0.822. The highest BCUT2D eigenvalue weighted by Gasteiger charge is 2.22. The summed E-state index contributed by atoms with van der Waals surface area (Å²) in [6, 6.07) is 7.46. The van der Waals surface area contributed by atoms with E-state index >= 15 is 0 Å². The zero-order chi connectivity index (χ0) is 15.9. The largest absolute Gasteiger partial charge is 0.496 e. The van der Waals surface area contributed by atoms with Crippen molar-refractivity contribution in [3.8, 4) is 5.75 Å². The zero-order valence-electron chi connectivity index (χ0n) is 13.3. The number of methoxy groups -OCH3 is 1. The Morgan fingerprint density at radius 2 is 1.95 bits per heavy atom. The Kier molecular flexibility index (Phi) is 6.49. The van der Waals surface area contributed by atoms with Gasteiger partial charge in [0.25, 0.3) is 0 Å². The lowest BCUT2D eigenvalue weighted by Crippen LogP contribution is -2.44. The number of benzene rings is 1. The van der Waals surface area contributed by atoms with Gasteiger partial charge in [-0.1, -0.05) is 39.0 Å². The Morgan fingerprint density at radius 1 is 1.29 bits per heavy atom. The van der Waals surface area contributed by atoms with E-state index in [0.29, 0.717) is 13.0 Å². The normalized spacial score (nSPS) is 12.6. The Hall–Kier alpha value is -1.75. The molecule has 118 valence electrons. The topological polar surface area (TPSA) is 70.6 Å². The van der Waals surface area contributed by atoms with Crippen LogP contribution in [0.15, 0.2) is 24.3 Å². The zero-order valence-corrected chi connectivity index (χ0v) is 13.3. The van der Waals surface area contributed by atoms with Crippen molar-refractivity contribution >= 4 is 6.03 Å². The third kappa shape index (κ3) is 6.04. The Labute approximate surface area is 126 Å². The molecule has 1 rings (SSSR count). The first-order valence-corrected chi connectivity index (χ1v) is 7.16. The minimum Gasteiger partial charge on any atom is -0.496 e. The monoisotopic (exact) mass is 294 g/mol. The number of para-hydroxylation sites is 1. The van der Waals surface area contributed by atoms with E-state index in [4.69, 9.17) is 4.74 Å². The van der Waals surface area contributed by atoms with Gasteiger partial charge in [-0.05, 0) is 23.5 Å². The van der Waals surface area contributed by atoms with Crippen molar-refractivity contribution in [3.05, 3.63) is 29.8 Å². The van der Waals surface area contributed by atoms with E-state index in [1.54, 1.807) is 7.11 Å². The summed E-state index contributed by atoms with van der Waals surface area (Å²) < 4.78 is 5.26. The Bertz CT molecular complexity index is 455. The molecule has 2 amide bonds. The lowest BCUT2D eigenvalue weighted by Gasteiger charge is -2.25. The van der Waals surface area contributed by atoms with Crippen molar-refractivity contribution in [1.29, 1.82) is 0 Å². The molecule has 0 saturated carbocycles. The summed E-state index contributed by atoms with van der Waals surface area (Å²) in [4.78, 5) is 11.7. The Morgan fingerprint density at radius 3 is 2.57 bits per heavy atom. The van der Waals surface area contributed by atoms with E-state index in [-0.39, 0.29) is 18.0 Å². The third-order valence-electron chi connectivity index (χ3n) is 3.33. The van der Waals surface area contributed by atoms with Crippen molar-refractivity contribution in [2.24, 2.45) is 5.41 Å². The standard InChI is InChI=1S/C16H26N2O3/c1-16(2,3)14(19)11-18-15(20)17-10-9-12-7-5-6-8-13(12)21-4/h5-8,14,19H,9-11H2,1-4H3,(H2,17,18,20). The lowest BCUT2D eigenvalue weighted by molar-refractivity contribution is 0.0650. The van der Waals surface area contributed by atoms with Gasteiger partial charge in [0.15, 0.2) is 0 Å². The fourth-order valence-corrected chi connectivity index (χ4v) is 1.78. The molecule has 3 N–H and O–H groups in total. The summed E-state index contributed by atoms with van der Waals surface area (Å²) in [7, 11) is 1.63. The molecule has 0 radical (unpaired) electrons. The first kappa shape index (κ1) is 17.3. The number of hydrogen-bond acceptors (Lipinski definition) is 3. The van der Waals surface area contributed by atoms with Crippen molar-refractivity contribution in [1.82, 2.24) is 10.6 Å². The number of aliphatic hydroxyl groups excluding tert-OH is 1. The van der Waals surface area contributed by atoms with Crippen LogP contribution in [-0.4, -0.2) is 37.4 Å². The van der Waals surface area contributed by atoms with E-state index in [1.165, 1.54) is 0 Å². The molecule has 0 spiro atoms. The highest BCUT2D eigenvalue weighted by Crippen LogP contribution is 2.18. The van der Waals surface area contributed by atoms with Crippen LogP contribution in [0.1, 0.15) is 26.3 Å². The molecule has 1 unspecified atom stereocenters. The number of hydrogen-bond donors (Lipinski definition) is 3. The molecule has 0 bridgehead atoms. The van der Waals surface area contributed by atoms with Gasteiger partial charge < -0.3 is 20.5 Å². The van der Waals surface area contributed by atoms with Crippen LogP contribution in [0.2, 0.25) is 0 Å². The molecular formula is C16H26N2O3. The van der Waals surface area contributed by atoms with Gasteiger partial charge in [0.2, 0.25) is 0 Å². The lowest BCUT2D eigenvalue weighted by atomic mass is 9.89. The number of urea groups is 1. The maximum atomic E-state index is 11.7. The number of ether oxygens (including phenoxy) is 1. The molecule has 5 nitrogen and oxygen atoms in total. The van der Waals surface area contributed by atoms with Gasteiger partial charge in [-0.25, -0.2) is 4.79 Å². The van der Waals surface area contributed by atoms with E-state index in [1.807, 2.05) is 45.0 Å². The average molecular weight is 294 g/mol. The number of amides is 2. The second-order valence-corrected chi connectivity index (χ2v) is 6.08. The molecule has 0 aliphatic rings. The summed E-state index contributed by atoms with van der Waals surface area (Å²) in [6.45, 7) is 6.54. The van der Waals surface area contributed by atoms with Crippen LogP contribution in [0.4, 0.5) is 4.79 Å². The number of nitrogens with one attached hydrogen (secondary N) is 2. The number of carbonyl (C=O) groups is 1. The predicted octanol–water partition coefficient (Wildman–Crippen LogP) is 1.94. The molecule has 21 heavy (non-hydrogen) atoms. The molecule has 1 aromatic carbocycles. The smallest absolute Gasteiger partial charge is 0.314 e. The molecule has 0 aliphatic heterocycles. The highest BCUT2D eigenvalue weighted by atomic mass is 16.5. The van der Waals surface area contributed by atoms with Crippen LogP contribution in [0.25, 0.3) is 0 Å². The fourth-order valence-electron chi connectivity index (χ4n) is 1.78. The molecule has 0 aliphatic carbocycles. The first-order chi connectivity index (χ1) is 9.84. The van der Waals surface area contributed by atoms with Crippen molar-refractivity contribution in [3.63, 3.8) is 0 Å². The van der Waals surface area contributed by atoms with E-state index in [9.17, 15) is 9.90 Å². The maximum Gasteiger partial charge on any atom is 0.314 e. The summed E-state index contributed by atoms with van der Waals surface area (Å²) in [5.41, 5.74) is 0.806. The number of rotatable bonds is 6. The SMILES string of the molecule is COc1ccccc1CCNC(=O)NCC(O)C(C)(C)C. The fraction of sp³-hybridized carbons (Fsp3) is 0.562. The number of carbonyl (C=O) groups excluding carboxylic acids is 1. The van der Waals surface area contributed by atoms with Gasteiger partial charge in [0.1, 0.15) is 5.75 Å². The van der Waals surface area contributed by atoms with Gasteiger partial charge in [-0.3, -0.25) is 0 Å².